The van der Waals surface area contributed by atoms with Crippen LogP contribution in [-0.2, 0) is 27.8 Å². The fraction of sp³-hybridized carbons (Fsp3) is 0.308. The van der Waals surface area contributed by atoms with E-state index in [2.05, 4.69) is 13.0 Å². The molecule has 2 aromatic heterocycles. The smallest absolute Gasteiger partial charge is 0.243 e. The maximum absolute atomic E-state index is 13.7. The fourth-order valence-electron chi connectivity index (χ4n) is 4.44. The number of nitrogens with zero attached hydrogens (tertiary/aromatic N) is 3. The predicted molar refractivity (Wildman–Crippen MR) is 137 cm³/mol. The van der Waals surface area contributed by atoms with Gasteiger partial charge in [-0.3, -0.25) is 9.69 Å². The Balaban J connectivity index is 1.36. The lowest BCUT2D eigenvalue weighted by atomic mass is 9.96. The summed E-state index contributed by atoms with van der Waals surface area (Å²) >= 11 is 1.43. The summed E-state index contributed by atoms with van der Waals surface area (Å²) < 4.78 is 60.6. The van der Waals surface area contributed by atoms with Gasteiger partial charge < -0.3 is 4.42 Å². The fourth-order valence-corrected chi connectivity index (χ4v) is 6.96. The van der Waals surface area contributed by atoms with Crippen molar-refractivity contribution in [2.45, 2.75) is 37.6 Å². The molecule has 4 aromatic rings. The van der Waals surface area contributed by atoms with E-state index in [0.717, 1.165) is 28.8 Å². The van der Waals surface area contributed by atoms with Crippen molar-refractivity contribution in [2.24, 2.45) is 5.92 Å². The van der Waals surface area contributed by atoms with Crippen LogP contribution < -0.4 is 4.90 Å². The number of piperidine rings is 1. The van der Waals surface area contributed by atoms with Crippen LogP contribution >= 0.6 is 11.3 Å². The summed E-state index contributed by atoms with van der Waals surface area (Å²) in [5.41, 5.74) is 1.99. The number of anilines is 1. The zero-order chi connectivity index (χ0) is 26.2. The molecule has 1 aliphatic heterocycles. The highest BCUT2D eigenvalue weighted by Gasteiger charge is 2.35. The number of amides is 1. The molecule has 11 heteroatoms. The minimum absolute atomic E-state index is 0.0893. The minimum atomic E-state index is -4.01. The normalized spacial score (nSPS) is 15.3. The molecule has 0 radical (unpaired) electrons. The Morgan fingerprint density at radius 1 is 1.14 bits per heavy atom. The number of fused-ring (bicyclic) bond motifs is 1. The van der Waals surface area contributed by atoms with Gasteiger partial charge in [-0.2, -0.15) is 4.31 Å². The Bertz CT molecular complexity index is 1530. The standard InChI is InChI=1S/C26H25F2N3O4S2/c1-2-17-5-8-23-24(14-17)36-26(29-23)31(16-19-4-3-13-35-19)25(32)18-9-11-30(12-10-18)37(33,34)20-6-7-21(27)22(28)15-20/h3-8,13-15,18H,2,9-12,16H2,1H3. The van der Waals surface area contributed by atoms with Gasteiger partial charge in [-0.1, -0.05) is 24.3 Å². The van der Waals surface area contributed by atoms with Gasteiger partial charge in [-0.15, -0.1) is 0 Å². The lowest BCUT2D eigenvalue weighted by Crippen LogP contribution is -2.44. The second kappa shape index (κ2) is 10.3. The molecule has 3 heterocycles. The number of hydrogen-bond donors (Lipinski definition) is 0. The van der Waals surface area contributed by atoms with Gasteiger partial charge in [0.05, 0.1) is 27.9 Å². The largest absolute Gasteiger partial charge is 0.467 e. The monoisotopic (exact) mass is 545 g/mol. The summed E-state index contributed by atoms with van der Waals surface area (Å²) in [5, 5.41) is 0.557. The van der Waals surface area contributed by atoms with Crippen LogP contribution in [0.15, 0.2) is 64.1 Å². The van der Waals surface area contributed by atoms with E-state index < -0.39 is 27.6 Å². The number of carbonyl (C=O) groups is 1. The number of halogens is 2. The molecule has 0 saturated carbocycles. The Morgan fingerprint density at radius 3 is 2.59 bits per heavy atom. The second-order valence-corrected chi connectivity index (χ2v) is 11.9. The van der Waals surface area contributed by atoms with Crippen LogP contribution in [0.2, 0.25) is 0 Å². The first-order valence-electron chi connectivity index (χ1n) is 11.9. The van der Waals surface area contributed by atoms with Crippen LogP contribution in [0.25, 0.3) is 10.2 Å². The lowest BCUT2D eigenvalue weighted by molar-refractivity contribution is -0.123. The Morgan fingerprint density at radius 2 is 1.92 bits per heavy atom. The Kier molecular flexibility index (Phi) is 7.11. The van der Waals surface area contributed by atoms with E-state index in [4.69, 9.17) is 9.40 Å². The summed E-state index contributed by atoms with van der Waals surface area (Å²) in [6, 6.07) is 12.1. The molecule has 37 heavy (non-hydrogen) atoms. The molecule has 0 atom stereocenters. The third kappa shape index (κ3) is 5.16. The van der Waals surface area contributed by atoms with Gasteiger partial charge >= 0.3 is 0 Å². The van der Waals surface area contributed by atoms with E-state index in [1.54, 1.807) is 23.3 Å². The van der Waals surface area contributed by atoms with Crippen molar-refractivity contribution in [1.82, 2.24) is 9.29 Å². The highest BCUT2D eigenvalue weighted by Crippen LogP contribution is 2.34. The van der Waals surface area contributed by atoms with E-state index in [0.29, 0.717) is 29.8 Å². The molecule has 0 spiro atoms. The Hall–Kier alpha value is -3.15. The number of furan rings is 1. The van der Waals surface area contributed by atoms with Gasteiger partial charge in [0.1, 0.15) is 5.76 Å². The molecule has 194 valence electrons. The number of aromatic nitrogens is 1. The first-order chi connectivity index (χ1) is 17.8. The molecule has 2 aromatic carbocycles. The molecular formula is C26H25F2N3O4S2. The second-order valence-electron chi connectivity index (χ2n) is 8.91. The van der Waals surface area contributed by atoms with Crippen LogP contribution in [0.5, 0.6) is 0 Å². The topological polar surface area (TPSA) is 83.7 Å². The van der Waals surface area contributed by atoms with E-state index >= 15 is 0 Å². The summed E-state index contributed by atoms with van der Waals surface area (Å²) in [6.07, 6.45) is 3.03. The molecule has 1 aliphatic rings. The van der Waals surface area contributed by atoms with Gasteiger partial charge in [-0.05, 0) is 67.3 Å². The molecule has 1 amide bonds. The van der Waals surface area contributed by atoms with Gasteiger partial charge in [0.25, 0.3) is 0 Å². The highest BCUT2D eigenvalue weighted by atomic mass is 32.2. The average Bonchev–Trinajstić information content (AvgIpc) is 3.57. The Labute approximate surface area is 217 Å². The van der Waals surface area contributed by atoms with Crippen molar-refractivity contribution in [3.05, 3.63) is 77.8 Å². The summed E-state index contributed by atoms with van der Waals surface area (Å²) in [6.45, 7) is 2.46. The number of sulfonamides is 1. The maximum Gasteiger partial charge on any atom is 0.243 e. The van der Waals surface area contributed by atoms with Crippen LogP contribution in [0.3, 0.4) is 0 Å². The molecule has 0 N–H and O–H groups in total. The van der Waals surface area contributed by atoms with Crippen LogP contribution in [0, 0.1) is 17.6 Å². The zero-order valence-corrected chi connectivity index (χ0v) is 21.7. The number of rotatable bonds is 7. The average molecular weight is 546 g/mol. The third-order valence-electron chi connectivity index (χ3n) is 6.57. The number of carbonyl (C=O) groups excluding carboxylic acids is 1. The van der Waals surface area contributed by atoms with Crippen molar-refractivity contribution in [3.8, 4) is 0 Å². The van der Waals surface area contributed by atoms with Crippen molar-refractivity contribution < 1.29 is 26.4 Å². The van der Waals surface area contributed by atoms with E-state index in [9.17, 15) is 22.0 Å². The number of hydrogen-bond acceptors (Lipinski definition) is 6. The van der Waals surface area contributed by atoms with Gasteiger partial charge in [0, 0.05) is 19.0 Å². The van der Waals surface area contributed by atoms with Gasteiger partial charge in [-0.25, -0.2) is 22.2 Å². The van der Waals surface area contributed by atoms with E-state index in [1.807, 2.05) is 12.1 Å². The molecular weight excluding hydrogens is 520 g/mol. The van der Waals surface area contributed by atoms with Gasteiger partial charge in [0.2, 0.25) is 15.9 Å². The van der Waals surface area contributed by atoms with Crippen LogP contribution in [0.4, 0.5) is 13.9 Å². The number of aryl methyl sites for hydroxylation is 1. The van der Waals surface area contributed by atoms with Crippen molar-refractivity contribution in [2.75, 3.05) is 18.0 Å². The SMILES string of the molecule is CCc1ccc2nc(N(Cc3ccco3)C(=O)C3CCN(S(=O)(=O)c4ccc(F)c(F)c4)CC3)sc2c1. The summed E-state index contributed by atoms with van der Waals surface area (Å²) in [7, 11) is -4.01. The van der Waals surface area contributed by atoms with Crippen LogP contribution in [-0.4, -0.2) is 36.7 Å². The van der Waals surface area contributed by atoms with Crippen molar-refractivity contribution in [3.63, 3.8) is 0 Å². The van der Waals surface area contributed by atoms with Gasteiger partial charge in [0.15, 0.2) is 16.8 Å². The van der Waals surface area contributed by atoms with Crippen molar-refractivity contribution in [1.29, 1.82) is 0 Å². The summed E-state index contributed by atoms with van der Waals surface area (Å²) in [4.78, 5) is 19.7. The van der Waals surface area contributed by atoms with E-state index in [1.165, 1.54) is 21.2 Å². The zero-order valence-electron chi connectivity index (χ0n) is 20.1. The molecule has 1 saturated heterocycles. The molecule has 1 fully saturated rings. The lowest BCUT2D eigenvalue weighted by Gasteiger charge is -2.32. The third-order valence-corrected chi connectivity index (χ3v) is 9.51. The van der Waals surface area contributed by atoms with Crippen LogP contribution in [0.1, 0.15) is 31.1 Å². The number of thiazole rings is 1. The molecule has 0 bridgehead atoms. The van der Waals surface area contributed by atoms with E-state index in [-0.39, 0.29) is 30.4 Å². The number of benzene rings is 2. The summed E-state index contributed by atoms with van der Waals surface area (Å²) in [5.74, 6) is -2.30. The molecule has 0 unspecified atom stereocenters. The van der Waals surface area contributed by atoms with Crippen molar-refractivity contribution >= 4 is 42.6 Å². The first kappa shape index (κ1) is 25.5. The molecule has 0 aliphatic carbocycles. The predicted octanol–water partition coefficient (Wildman–Crippen LogP) is 5.36. The molecule has 7 nitrogen and oxygen atoms in total. The highest BCUT2D eigenvalue weighted by molar-refractivity contribution is 7.89. The maximum atomic E-state index is 13.7. The quantitative estimate of drug-likeness (QED) is 0.312. The first-order valence-corrected chi connectivity index (χ1v) is 14.2. The minimum Gasteiger partial charge on any atom is -0.467 e. The molecule has 5 rings (SSSR count).